The summed E-state index contributed by atoms with van der Waals surface area (Å²) in [4.78, 5) is 22.5. The standard InChI is InChI=1S/C11H12ClNO3/c1-2-16-11(15)13-7-10(14)8-3-5-9(12)6-4-8/h3-6H,2,7H2,1H3,(H,13,15). The highest BCUT2D eigenvalue weighted by Crippen LogP contribution is 2.09. The van der Waals surface area contributed by atoms with Crippen molar-refractivity contribution in [1.29, 1.82) is 0 Å². The van der Waals surface area contributed by atoms with Crippen molar-refractivity contribution in [3.63, 3.8) is 0 Å². The number of ether oxygens (including phenoxy) is 1. The predicted octanol–water partition coefficient (Wildman–Crippen LogP) is 2.27. The van der Waals surface area contributed by atoms with Gasteiger partial charge in [0.05, 0.1) is 13.2 Å². The zero-order chi connectivity index (χ0) is 12.0. The number of Topliss-reactive ketones (excluding diaryl/α,β-unsaturated/α-hetero) is 1. The Hall–Kier alpha value is -1.55. The van der Waals surface area contributed by atoms with Crippen molar-refractivity contribution in [3.05, 3.63) is 34.9 Å². The van der Waals surface area contributed by atoms with E-state index in [0.29, 0.717) is 10.6 Å². The average Bonchev–Trinajstić information content (AvgIpc) is 2.27. The Balaban J connectivity index is 2.47. The first-order chi connectivity index (χ1) is 7.63. The molecule has 1 N–H and O–H groups in total. The number of nitrogens with one attached hydrogen (secondary N) is 1. The van der Waals surface area contributed by atoms with E-state index in [9.17, 15) is 9.59 Å². The van der Waals surface area contributed by atoms with E-state index in [0.717, 1.165) is 0 Å². The predicted molar refractivity (Wildman–Crippen MR) is 60.8 cm³/mol. The smallest absolute Gasteiger partial charge is 0.407 e. The number of carbonyl (C=O) groups is 2. The molecule has 1 rings (SSSR count). The van der Waals surface area contributed by atoms with Crippen LogP contribution in [0.4, 0.5) is 4.79 Å². The molecule has 0 aliphatic carbocycles. The lowest BCUT2D eigenvalue weighted by molar-refractivity contribution is 0.0979. The van der Waals surface area contributed by atoms with Crippen LogP contribution in [-0.2, 0) is 4.74 Å². The lowest BCUT2D eigenvalue weighted by Gasteiger charge is -2.04. The summed E-state index contributed by atoms with van der Waals surface area (Å²) in [5, 5.41) is 2.92. The number of benzene rings is 1. The SMILES string of the molecule is CCOC(=O)NCC(=O)c1ccc(Cl)cc1. The molecule has 5 heteroatoms. The molecule has 0 spiro atoms. The largest absolute Gasteiger partial charge is 0.450 e. The van der Waals surface area contributed by atoms with E-state index in [1.165, 1.54) is 0 Å². The van der Waals surface area contributed by atoms with Crippen LogP contribution in [0.1, 0.15) is 17.3 Å². The molecule has 0 aliphatic heterocycles. The number of hydrogen-bond donors (Lipinski definition) is 1. The fourth-order valence-corrected chi connectivity index (χ4v) is 1.20. The Kier molecular flexibility index (Phi) is 4.79. The average molecular weight is 242 g/mol. The number of hydrogen-bond acceptors (Lipinski definition) is 3. The van der Waals surface area contributed by atoms with E-state index < -0.39 is 6.09 Å². The Morgan fingerprint density at radius 1 is 1.31 bits per heavy atom. The maximum Gasteiger partial charge on any atom is 0.407 e. The van der Waals surface area contributed by atoms with Crippen LogP contribution in [0.3, 0.4) is 0 Å². The van der Waals surface area contributed by atoms with E-state index in [2.05, 4.69) is 10.1 Å². The second-order valence-electron chi connectivity index (χ2n) is 3.00. The molecule has 0 aromatic heterocycles. The van der Waals surface area contributed by atoms with Crippen molar-refractivity contribution in [2.75, 3.05) is 13.2 Å². The highest BCUT2D eigenvalue weighted by molar-refractivity contribution is 6.30. The molecule has 4 nitrogen and oxygen atoms in total. The third kappa shape index (κ3) is 3.90. The molecule has 1 amide bonds. The van der Waals surface area contributed by atoms with Crippen LogP contribution >= 0.6 is 11.6 Å². The first-order valence-electron chi connectivity index (χ1n) is 4.83. The Morgan fingerprint density at radius 2 is 1.94 bits per heavy atom. The highest BCUT2D eigenvalue weighted by atomic mass is 35.5. The molecule has 0 heterocycles. The molecule has 0 fully saturated rings. The molecule has 0 radical (unpaired) electrons. The number of amides is 1. The number of carbonyl (C=O) groups excluding carboxylic acids is 2. The van der Waals surface area contributed by atoms with Crippen LogP contribution in [0.25, 0.3) is 0 Å². The van der Waals surface area contributed by atoms with Gasteiger partial charge in [0.1, 0.15) is 0 Å². The quantitative estimate of drug-likeness (QED) is 0.823. The van der Waals surface area contributed by atoms with Gasteiger partial charge in [0.2, 0.25) is 0 Å². The normalized spacial score (nSPS) is 9.62. The second-order valence-corrected chi connectivity index (χ2v) is 3.44. The molecule has 0 saturated heterocycles. The minimum atomic E-state index is -0.593. The van der Waals surface area contributed by atoms with Crippen molar-refractivity contribution in [1.82, 2.24) is 5.32 Å². The summed E-state index contributed by atoms with van der Waals surface area (Å²) in [6, 6.07) is 6.47. The van der Waals surface area contributed by atoms with Crippen molar-refractivity contribution in [3.8, 4) is 0 Å². The third-order valence-electron chi connectivity index (χ3n) is 1.83. The Morgan fingerprint density at radius 3 is 2.50 bits per heavy atom. The fraction of sp³-hybridized carbons (Fsp3) is 0.273. The summed E-state index contributed by atoms with van der Waals surface area (Å²) in [5.74, 6) is -0.190. The fourth-order valence-electron chi connectivity index (χ4n) is 1.07. The summed E-state index contributed by atoms with van der Waals surface area (Å²) in [5.41, 5.74) is 0.501. The van der Waals surface area contributed by atoms with Crippen LogP contribution in [0.15, 0.2) is 24.3 Å². The van der Waals surface area contributed by atoms with Gasteiger partial charge in [0.15, 0.2) is 5.78 Å². The topological polar surface area (TPSA) is 55.4 Å². The van der Waals surface area contributed by atoms with Gasteiger partial charge < -0.3 is 10.1 Å². The van der Waals surface area contributed by atoms with Crippen molar-refractivity contribution in [2.45, 2.75) is 6.92 Å². The van der Waals surface area contributed by atoms with Crippen molar-refractivity contribution < 1.29 is 14.3 Å². The van der Waals surface area contributed by atoms with E-state index in [1.54, 1.807) is 31.2 Å². The summed E-state index contributed by atoms with van der Waals surface area (Å²) in [7, 11) is 0. The summed E-state index contributed by atoms with van der Waals surface area (Å²) >= 11 is 5.68. The number of ketones is 1. The van der Waals surface area contributed by atoms with Crippen molar-refractivity contribution in [2.24, 2.45) is 0 Å². The van der Waals surface area contributed by atoms with Crippen LogP contribution in [0.2, 0.25) is 5.02 Å². The van der Waals surface area contributed by atoms with E-state index >= 15 is 0 Å². The van der Waals surface area contributed by atoms with Gasteiger partial charge in [-0.3, -0.25) is 4.79 Å². The lowest BCUT2D eigenvalue weighted by atomic mass is 10.1. The monoisotopic (exact) mass is 241 g/mol. The zero-order valence-corrected chi connectivity index (χ0v) is 9.58. The lowest BCUT2D eigenvalue weighted by Crippen LogP contribution is -2.30. The van der Waals surface area contributed by atoms with Gasteiger partial charge >= 0.3 is 6.09 Å². The third-order valence-corrected chi connectivity index (χ3v) is 2.09. The molecule has 0 atom stereocenters. The molecule has 16 heavy (non-hydrogen) atoms. The first-order valence-corrected chi connectivity index (χ1v) is 5.20. The van der Waals surface area contributed by atoms with Crippen LogP contribution in [0, 0.1) is 0 Å². The van der Waals surface area contributed by atoms with Gasteiger partial charge in [-0.2, -0.15) is 0 Å². The van der Waals surface area contributed by atoms with Gasteiger partial charge in [-0.1, -0.05) is 11.6 Å². The molecule has 0 aliphatic rings. The maximum absolute atomic E-state index is 11.6. The van der Waals surface area contributed by atoms with Crippen molar-refractivity contribution >= 4 is 23.5 Å². The van der Waals surface area contributed by atoms with Gasteiger partial charge in [-0.05, 0) is 31.2 Å². The van der Waals surface area contributed by atoms with Gasteiger partial charge in [-0.25, -0.2) is 4.79 Å². The Labute approximate surface area is 98.5 Å². The number of halogens is 1. The summed E-state index contributed by atoms with van der Waals surface area (Å²) in [6.07, 6.45) is -0.593. The second kappa shape index (κ2) is 6.12. The van der Waals surface area contributed by atoms with Crippen LogP contribution in [-0.4, -0.2) is 25.0 Å². The molecular formula is C11H12ClNO3. The molecule has 0 bridgehead atoms. The first kappa shape index (κ1) is 12.5. The number of rotatable bonds is 4. The van der Waals surface area contributed by atoms with Gasteiger partial charge in [-0.15, -0.1) is 0 Å². The van der Waals surface area contributed by atoms with E-state index in [4.69, 9.17) is 11.6 Å². The minimum absolute atomic E-state index is 0.0829. The minimum Gasteiger partial charge on any atom is -0.450 e. The van der Waals surface area contributed by atoms with Gasteiger partial charge in [0.25, 0.3) is 0 Å². The van der Waals surface area contributed by atoms with Crippen LogP contribution < -0.4 is 5.32 Å². The molecule has 86 valence electrons. The highest BCUT2D eigenvalue weighted by Gasteiger charge is 2.07. The zero-order valence-electron chi connectivity index (χ0n) is 8.83. The number of alkyl carbamates (subject to hydrolysis) is 1. The molecular weight excluding hydrogens is 230 g/mol. The molecule has 1 aromatic carbocycles. The Bertz CT molecular complexity index is 375. The summed E-state index contributed by atoms with van der Waals surface area (Å²) in [6.45, 7) is 1.89. The van der Waals surface area contributed by atoms with Crippen LogP contribution in [0.5, 0.6) is 0 Å². The van der Waals surface area contributed by atoms with Gasteiger partial charge in [0, 0.05) is 10.6 Å². The summed E-state index contributed by atoms with van der Waals surface area (Å²) < 4.78 is 4.62. The molecule has 0 unspecified atom stereocenters. The van der Waals surface area contributed by atoms with E-state index in [-0.39, 0.29) is 18.9 Å². The van der Waals surface area contributed by atoms with E-state index in [1.807, 2.05) is 0 Å². The molecule has 0 saturated carbocycles. The maximum atomic E-state index is 11.6. The molecule has 1 aromatic rings.